The SMILES string of the molecule is CCCCCCCCCCCCC1CCc2[nH]c3cc(Br)ccc3c2C1. The normalized spacial score (nSPS) is 16.9. The zero-order valence-corrected chi connectivity index (χ0v) is 18.2. The van der Waals surface area contributed by atoms with E-state index in [2.05, 4.69) is 46.0 Å². The number of unbranched alkanes of at least 4 members (excludes halogenated alkanes) is 9. The fourth-order valence-corrected chi connectivity index (χ4v) is 5.00. The second kappa shape index (κ2) is 10.5. The summed E-state index contributed by atoms with van der Waals surface area (Å²) in [7, 11) is 0. The smallest absolute Gasteiger partial charge is 0.0470 e. The van der Waals surface area contributed by atoms with Gasteiger partial charge < -0.3 is 4.98 Å². The largest absolute Gasteiger partial charge is 0.358 e. The fourth-order valence-electron chi connectivity index (χ4n) is 4.64. The minimum atomic E-state index is 0.902. The molecule has 0 radical (unpaired) electrons. The summed E-state index contributed by atoms with van der Waals surface area (Å²) in [5.74, 6) is 0.902. The van der Waals surface area contributed by atoms with Crippen LogP contribution in [0.3, 0.4) is 0 Å². The van der Waals surface area contributed by atoms with Crippen molar-refractivity contribution in [2.24, 2.45) is 5.92 Å². The Bertz CT molecular complexity index is 672. The lowest BCUT2D eigenvalue weighted by molar-refractivity contribution is 0.403. The van der Waals surface area contributed by atoms with E-state index in [1.165, 1.54) is 111 Å². The first kappa shape index (κ1) is 20.0. The minimum Gasteiger partial charge on any atom is -0.358 e. The van der Waals surface area contributed by atoms with Crippen molar-refractivity contribution in [1.82, 2.24) is 4.98 Å². The fraction of sp³-hybridized carbons (Fsp3) is 0.667. The Morgan fingerprint density at radius 3 is 2.38 bits per heavy atom. The van der Waals surface area contributed by atoms with E-state index in [4.69, 9.17) is 0 Å². The van der Waals surface area contributed by atoms with Crippen molar-refractivity contribution in [2.45, 2.75) is 96.8 Å². The molecule has 1 unspecified atom stereocenters. The number of aromatic nitrogens is 1. The van der Waals surface area contributed by atoms with Crippen molar-refractivity contribution in [3.63, 3.8) is 0 Å². The van der Waals surface area contributed by atoms with Crippen molar-refractivity contribution in [3.8, 4) is 0 Å². The molecular formula is C24H36BrN. The van der Waals surface area contributed by atoms with Gasteiger partial charge in [0.25, 0.3) is 0 Å². The molecule has 2 heteroatoms. The van der Waals surface area contributed by atoms with Crippen LogP contribution in [0.25, 0.3) is 10.9 Å². The molecule has 1 atom stereocenters. The average Bonchev–Trinajstić information content (AvgIpc) is 3.00. The quantitative estimate of drug-likeness (QED) is 0.353. The highest BCUT2D eigenvalue weighted by atomic mass is 79.9. The van der Waals surface area contributed by atoms with Gasteiger partial charge in [-0.2, -0.15) is 0 Å². The summed E-state index contributed by atoms with van der Waals surface area (Å²) >= 11 is 3.59. The number of aromatic amines is 1. The van der Waals surface area contributed by atoms with E-state index in [1.54, 1.807) is 5.56 Å². The standard InChI is InChI=1S/C24H36BrN/c1-2-3-4-5-6-7-8-9-10-11-12-19-13-16-23-22(17-19)21-15-14-20(25)18-24(21)26-23/h14-15,18-19,26H,2-13,16-17H2,1H3. The van der Waals surface area contributed by atoms with Gasteiger partial charge in [-0.15, -0.1) is 0 Å². The van der Waals surface area contributed by atoms with Gasteiger partial charge in [0.15, 0.2) is 0 Å². The predicted molar refractivity (Wildman–Crippen MR) is 118 cm³/mol. The molecule has 1 heterocycles. The monoisotopic (exact) mass is 417 g/mol. The molecule has 0 saturated heterocycles. The number of hydrogen-bond acceptors (Lipinski definition) is 0. The summed E-state index contributed by atoms with van der Waals surface area (Å²) in [6.45, 7) is 2.30. The van der Waals surface area contributed by atoms with Gasteiger partial charge in [-0.3, -0.25) is 0 Å². The lowest BCUT2D eigenvalue weighted by atomic mass is 9.83. The van der Waals surface area contributed by atoms with Crippen LogP contribution in [-0.4, -0.2) is 4.98 Å². The van der Waals surface area contributed by atoms with Crippen molar-refractivity contribution in [1.29, 1.82) is 0 Å². The van der Waals surface area contributed by atoms with E-state index in [9.17, 15) is 0 Å². The van der Waals surface area contributed by atoms with Crippen LogP contribution in [0.5, 0.6) is 0 Å². The number of hydrogen-bond donors (Lipinski definition) is 1. The number of H-pyrrole nitrogens is 1. The maximum atomic E-state index is 3.66. The third-order valence-electron chi connectivity index (χ3n) is 6.22. The topological polar surface area (TPSA) is 15.8 Å². The molecule has 3 rings (SSSR count). The Kier molecular flexibility index (Phi) is 8.10. The first-order valence-electron chi connectivity index (χ1n) is 11.1. The molecule has 0 saturated carbocycles. The highest BCUT2D eigenvalue weighted by Crippen LogP contribution is 2.34. The Labute approximate surface area is 168 Å². The third kappa shape index (κ3) is 5.62. The van der Waals surface area contributed by atoms with Gasteiger partial charge in [-0.1, -0.05) is 99.5 Å². The van der Waals surface area contributed by atoms with E-state index < -0.39 is 0 Å². The van der Waals surface area contributed by atoms with Crippen LogP contribution in [0.15, 0.2) is 22.7 Å². The van der Waals surface area contributed by atoms with Crippen molar-refractivity contribution in [3.05, 3.63) is 33.9 Å². The van der Waals surface area contributed by atoms with Crippen LogP contribution < -0.4 is 0 Å². The molecule has 1 aromatic carbocycles. The number of nitrogens with one attached hydrogen (secondary N) is 1. The van der Waals surface area contributed by atoms with Gasteiger partial charge in [0.05, 0.1) is 0 Å². The summed E-state index contributed by atoms with van der Waals surface area (Å²) in [5.41, 5.74) is 4.41. The van der Waals surface area contributed by atoms with Gasteiger partial charge in [0.1, 0.15) is 0 Å². The zero-order chi connectivity index (χ0) is 18.2. The highest BCUT2D eigenvalue weighted by Gasteiger charge is 2.22. The van der Waals surface area contributed by atoms with Crippen molar-refractivity contribution >= 4 is 26.8 Å². The van der Waals surface area contributed by atoms with E-state index in [1.807, 2.05) is 0 Å². The molecule has 0 spiro atoms. The van der Waals surface area contributed by atoms with Crippen LogP contribution in [0.2, 0.25) is 0 Å². The number of benzene rings is 1. The maximum absolute atomic E-state index is 3.66. The molecule has 1 aromatic heterocycles. The molecule has 144 valence electrons. The first-order valence-corrected chi connectivity index (χ1v) is 11.9. The van der Waals surface area contributed by atoms with E-state index in [-0.39, 0.29) is 0 Å². The second-order valence-electron chi connectivity index (χ2n) is 8.35. The second-order valence-corrected chi connectivity index (χ2v) is 9.27. The molecule has 0 amide bonds. The Morgan fingerprint density at radius 1 is 0.962 bits per heavy atom. The Morgan fingerprint density at radius 2 is 1.65 bits per heavy atom. The molecule has 26 heavy (non-hydrogen) atoms. The molecule has 1 aliphatic rings. The average molecular weight is 418 g/mol. The van der Waals surface area contributed by atoms with Gasteiger partial charge in [0.2, 0.25) is 0 Å². The van der Waals surface area contributed by atoms with Gasteiger partial charge in [-0.25, -0.2) is 0 Å². The zero-order valence-electron chi connectivity index (χ0n) is 16.6. The number of aryl methyl sites for hydroxylation is 1. The molecule has 2 aromatic rings. The van der Waals surface area contributed by atoms with Crippen molar-refractivity contribution < 1.29 is 0 Å². The molecule has 1 N–H and O–H groups in total. The summed E-state index contributed by atoms with van der Waals surface area (Å²) in [4.78, 5) is 3.66. The molecule has 0 aliphatic heterocycles. The first-order chi connectivity index (χ1) is 12.8. The van der Waals surface area contributed by atoms with Gasteiger partial charge >= 0.3 is 0 Å². The van der Waals surface area contributed by atoms with Crippen LogP contribution in [0, 0.1) is 5.92 Å². The Balaban J connectivity index is 1.33. The Hall–Kier alpha value is -0.760. The van der Waals surface area contributed by atoms with Crippen LogP contribution in [-0.2, 0) is 12.8 Å². The molecule has 1 aliphatic carbocycles. The number of rotatable bonds is 11. The van der Waals surface area contributed by atoms with Gasteiger partial charge in [0, 0.05) is 21.1 Å². The number of fused-ring (bicyclic) bond motifs is 3. The summed E-state index contributed by atoms with van der Waals surface area (Å²) in [6.07, 6.45) is 19.7. The number of halogens is 1. The molecule has 0 fully saturated rings. The molecule has 1 nitrogen and oxygen atoms in total. The van der Waals surface area contributed by atoms with Crippen LogP contribution >= 0.6 is 15.9 Å². The van der Waals surface area contributed by atoms with Gasteiger partial charge in [-0.05, 0) is 42.9 Å². The van der Waals surface area contributed by atoms with E-state index in [0.29, 0.717) is 0 Å². The van der Waals surface area contributed by atoms with Crippen LogP contribution in [0.1, 0.15) is 95.2 Å². The van der Waals surface area contributed by atoms with Crippen LogP contribution in [0.4, 0.5) is 0 Å². The predicted octanol–water partition coefficient (Wildman–Crippen LogP) is 8.35. The lowest BCUT2D eigenvalue weighted by Gasteiger charge is -2.22. The summed E-state index contributed by atoms with van der Waals surface area (Å²) in [5, 5.41) is 1.45. The summed E-state index contributed by atoms with van der Waals surface area (Å²) in [6, 6.07) is 6.70. The molecule has 0 bridgehead atoms. The van der Waals surface area contributed by atoms with Crippen molar-refractivity contribution in [2.75, 3.05) is 0 Å². The third-order valence-corrected chi connectivity index (χ3v) is 6.71. The maximum Gasteiger partial charge on any atom is 0.0470 e. The minimum absolute atomic E-state index is 0.902. The highest BCUT2D eigenvalue weighted by molar-refractivity contribution is 9.10. The summed E-state index contributed by atoms with van der Waals surface area (Å²) < 4.78 is 1.17. The molecular weight excluding hydrogens is 382 g/mol. The van der Waals surface area contributed by atoms with E-state index in [0.717, 1.165) is 5.92 Å². The van der Waals surface area contributed by atoms with E-state index >= 15 is 0 Å². The lowest BCUT2D eigenvalue weighted by Crippen LogP contribution is -2.13.